The zero-order valence-corrected chi connectivity index (χ0v) is 13.9. The molecule has 128 valence electrons. The molecular formula is C16H21FN6O. The number of anilines is 1. The minimum Gasteiger partial charge on any atom is -0.353 e. The summed E-state index contributed by atoms with van der Waals surface area (Å²) in [4.78, 5) is 16.9. The second-order valence-corrected chi connectivity index (χ2v) is 6.67. The molecule has 0 radical (unpaired) electrons. The predicted molar refractivity (Wildman–Crippen MR) is 84.9 cm³/mol. The van der Waals surface area contributed by atoms with Gasteiger partial charge in [0, 0.05) is 26.2 Å². The summed E-state index contributed by atoms with van der Waals surface area (Å²) < 4.78 is 19.7. The van der Waals surface area contributed by atoms with Crippen LogP contribution < -0.4 is 4.90 Å². The molecule has 0 bridgehead atoms. The summed E-state index contributed by atoms with van der Waals surface area (Å²) in [7, 11) is 0. The lowest BCUT2D eigenvalue weighted by Crippen LogP contribution is -2.30. The number of halogens is 1. The van der Waals surface area contributed by atoms with Gasteiger partial charge >= 0.3 is 0 Å². The molecule has 0 saturated carbocycles. The van der Waals surface area contributed by atoms with E-state index in [9.17, 15) is 4.39 Å². The smallest absolute Gasteiger partial charge is 0.240 e. The molecule has 0 aromatic carbocycles. The Morgan fingerprint density at radius 1 is 1.21 bits per heavy atom. The fourth-order valence-electron chi connectivity index (χ4n) is 3.85. The van der Waals surface area contributed by atoms with Crippen LogP contribution in [0.15, 0.2) is 10.9 Å². The van der Waals surface area contributed by atoms with E-state index in [0.717, 1.165) is 26.2 Å². The third-order valence-corrected chi connectivity index (χ3v) is 4.97. The summed E-state index contributed by atoms with van der Waals surface area (Å²) in [5, 5.41) is 3.83. The van der Waals surface area contributed by atoms with E-state index in [1.165, 1.54) is 6.33 Å². The second kappa shape index (κ2) is 6.08. The van der Waals surface area contributed by atoms with E-state index < -0.39 is 0 Å². The summed E-state index contributed by atoms with van der Waals surface area (Å²) in [6.45, 7) is 8.03. The van der Waals surface area contributed by atoms with Gasteiger partial charge in [-0.3, -0.25) is 4.90 Å². The van der Waals surface area contributed by atoms with Crippen molar-refractivity contribution in [3.8, 4) is 0 Å². The molecule has 2 fully saturated rings. The first kappa shape index (κ1) is 15.4. The van der Waals surface area contributed by atoms with Crippen LogP contribution in [0.3, 0.4) is 0 Å². The van der Waals surface area contributed by atoms with Crippen molar-refractivity contribution in [2.45, 2.75) is 26.8 Å². The number of rotatable bonds is 4. The molecule has 2 aliphatic rings. The normalized spacial score (nSPS) is 23.9. The molecule has 0 spiro atoms. The van der Waals surface area contributed by atoms with E-state index >= 15 is 0 Å². The maximum absolute atomic E-state index is 14.5. The summed E-state index contributed by atoms with van der Waals surface area (Å²) in [5.41, 5.74) is 0.491. The van der Waals surface area contributed by atoms with Gasteiger partial charge in [0.1, 0.15) is 6.33 Å². The fraction of sp³-hybridized carbons (Fsp3) is 0.625. The van der Waals surface area contributed by atoms with Gasteiger partial charge in [0.15, 0.2) is 17.5 Å². The van der Waals surface area contributed by atoms with Crippen LogP contribution in [0.5, 0.6) is 0 Å². The number of hydrogen-bond donors (Lipinski definition) is 0. The molecule has 2 aliphatic heterocycles. The minimum absolute atomic E-state index is 0.266. The third kappa shape index (κ3) is 2.75. The van der Waals surface area contributed by atoms with Crippen molar-refractivity contribution in [1.29, 1.82) is 0 Å². The molecule has 0 N–H and O–H groups in total. The molecule has 24 heavy (non-hydrogen) atoms. The molecule has 2 atom stereocenters. The van der Waals surface area contributed by atoms with E-state index in [2.05, 4.69) is 29.9 Å². The van der Waals surface area contributed by atoms with Gasteiger partial charge in [-0.2, -0.15) is 4.98 Å². The Hall–Kier alpha value is -2.09. The standard InChI is InChI=1S/C16H21FN6O/c1-3-13-15(17)16(19-9-18-13)23-6-11-4-22(5-12(11)7-23)8-14-20-10(2)21-24-14/h9,11-12H,3-8H2,1-2H3. The Morgan fingerprint density at radius 3 is 2.58 bits per heavy atom. The zero-order valence-electron chi connectivity index (χ0n) is 13.9. The van der Waals surface area contributed by atoms with Gasteiger partial charge in [-0.15, -0.1) is 0 Å². The highest BCUT2D eigenvalue weighted by Crippen LogP contribution is 2.34. The lowest BCUT2D eigenvalue weighted by atomic mass is 10.0. The number of nitrogens with zero attached hydrogens (tertiary/aromatic N) is 6. The van der Waals surface area contributed by atoms with Crippen LogP contribution >= 0.6 is 0 Å². The lowest BCUT2D eigenvalue weighted by Gasteiger charge is -2.22. The molecule has 2 aromatic heterocycles. The SMILES string of the molecule is CCc1ncnc(N2CC3CN(Cc4nc(C)no4)CC3C2)c1F. The molecule has 4 heterocycles. The Balaban J connectivity index is 1.41. The predicted octanol–water partition coefficient (Wildman–Crippen LogP) is 1.44. The maximum Gasteiger partial charge on any atom is 0.240 e. The van der Waals surface area contributed by atoms with Crippen LogP contribution in [0.1, 0.15) is 24.3 Å². The first-order valence-corrected chi connectivity index (χ1v) is 8.40. The minimum atomic E-state index is -0.266. The van der Waals surface area contributed by atoms with E-state index in [1.807, 2.05) is 13.8 Å². The highest BCUT2D eigenvalue weighted by atomic mass is 19.1. The molecule has 2 saturated heterocycles. The van der Waals surface area contributed by atoms with Crippen molar-refractivity contribution in [3.05, 3.63) is 29.6 Å². The van der Waals surface area contributed by atoms with Crippen LogP contribution in [0.25, 0.3) is 0 Å². The first-order chi connectivity index (χ1) is 11.6. The van der Waals surface area contributed by atoms with Gasteiger partial charge in [-0.25, -0.2) is 14.4 Å². The average Bonchev–Trinajstić information content (AvgIpc) is 3.23. The molecule has 0 amide bonds. The first-order valence-electron chi connectivity index (χ1n) is 8.40. The molecule has 2 unspecified atom stereocenters. The molecule has 2 aromatic rings. The van der Waals surface area contributed by atoms with E-state index in [-0.39, 0.29) is 5.82 Å². The summed E-state index contributed by atoms with van der Waals surface area (Å²) in [6, 6.07) is 0. The quantitative estimate of drug-likeness (QED) is 0.839. The second-order valence-electron chi connectivity index (χ2n) is 6.67. The van der Waals surface area contributed by atoms with Crippen LogP contribution in [-0.4, -0.2) is 51.2 Å². The van der Waals surface area contributed by atoms with Gasteiger partial charge in [0.05, 0.1) is 12.2 Å². The van der Waals surface area contributed by atoms with Crippen LogP contribution in [0, 0.1) is 24.6 Å². The van der Waals surface area contributed by atoms with Crippen LogP contribution in [0.2, 0.25) is 0 Å². The fourth-order valence-corrected chi connectivity index (χ4v) is 3.85. The van der Waals surface area contributed by atoms with Gasteiger partial charge in [0.25, 0.3) is 0 Å². The van der Waals surface area contributed by atoms with E-state index in [1.54, 1.807) is 0 Å². The van der Waals surface area contributed by atoms with Crippen molar-refractivity contribution < 1.29 is 8.91 Å². The van der Waals surface area contributed by atoms with Crippen LogP contribution in [-0.2, 0) is 13.0 Å². The third-order valence-electron chi connectivity index (χ3n) is 4.97. The number of fused-ring (bicyclic) bond motifs is 1. The molecule has 7 nitrogen and oxygen atoms in total. The largest absolute Gasteiger partial charge is 0.353 e. The Kier molecular flexibility index (Phi) is 3.91. The average molecular weight is 332 g/mol. The molecule has 0 aliphatic carbocycles. The van der Waals surface area contributed by atoms with Crippen molar-refractivity contribution in [2.75, 3.05) is 31.1 Å². The highest BCUT2D eigenvalue weighted by molar-refractivity contribution is 5.43. The zero-order chi connectivity index (χ0) is 16.7. The molecule has 8 heteroatoms. The summed E-state index contributed by atoms with van der Waals surface area (Å²) >= 11 is 0. The number of aromatic nitrogens is 4. The molecular weight excluding hydrogens is 311 g/mol. The Labute approximate surface area is 139 Å². The number of aryl methyl sites for hydroxylation is 2. The van der Waals surface area contributed by atoms with Crippen molar-refractivity contribution in [3.63, 3.8) is 0 Å². The van der Waals surface area contributed by atoms with Crippen molar-refractivity contribution >= 4 is 5.82 Å². The number of likely N-dealkylation sites (tertiary alicyclic amines) is 1. The van der Waals surface area contributed by atoms with Crippen molar-refractivity contribution in [2.24, 2.45) is 11.8 Å². The lowest BCUT2D eigenvalue weighted by molar-refractivity contribution is 0.255. The Bertz CT molecular complexity index is 721. The van der Waals surface area contributed by atoms with Crippen molar-refractivity contribution in [1.82, 2.24) is 25.0 Å². The Morgan fingerprint density at radius 2 is 1.96 bits per heavy atom. The van der Waals surface area contributed by atoms with Gasteiger partial charge in [-0.1, -0.05) is 12.1 Å². The van der Waals surface area contributed by atoms with E-state index in [4.69, 9.17) is 4.52 Å². The molecule has 4 rings (SSSR count). The van der Waals surface area contributed by atoms with Gasteiger partial charge < -0.3 is 9.42 Å². The summed E-state index contributed by atoms with van der Waals surface area (Å²) in [5.74, 6) is 2.57. The van der Waals surface area contributed by atoms with Gasteiger partial charge in [0.2, 0.25) is 5.89 Å². The summed E-state index contributed by atoms with van der Waals surface area (Å²) in [6.07, 6.45) is 2.05. The monoisotopic (exact) mass is 332 g/mol. The maximum atomic E-state index is 14.5. The van der Waals surface area contributed by atoms with Crippen LogP contribution in [0.4, 0.5) is 10.2 Å². The topological polar surface area (TPSA) is 71.2 Å². The highest BCUT2D eigenvalue weighted by Gasteiger charge is 2.41. The number of hydrogen-bond acceptors (Lipinski definition) is 7. The van der Waals surface area contributed by atoms with E-state index in [0.29, 0.717) is 48.0 Å². The van der Waals surface area contributed by atoms with Gasteiger partial charge in [-0.05, 0) is 25.2 Å².